The van der Waals surface area contributed by atoms with Crippen molar-refractivity contribution in [3.8, 4) is 0 Å². The van der Waals surface area contributed by atoms with E-state index < -0.39 is 0 Å². The maximum absolute atomic E-state index is 6.07. The number of morpholine rings is 1. The highest BCUT2D eigenvalue weighted by atomic mass is 16.5. The Hall–Kier alpha value is -1.14. The van der Waals surface area contributed by atoms with Gasteiger partial charge in [-0.15, -0.1) is 0 Å². The van der Waals surface area contributed by atoms with Crippen molar-refractivity contribution in [2.75, 3.05) is 77.5 Å². The summed E-state index contributed by atoms with van der Waals surface area (Å²) >= 11 is 0. The summed E-state index contributed by atoms with van der Waals surface area (Å²) in [5.41, 5.74) is 2.75. The number of hydrogen-bond acceptors (Lipinski definition) is 5. The van der Waals surface area contributed by atoms with Crippen LogP contribution in [0.25, 0.3) is 0 Å². The Morgan fingerprint density at radius 3 is 2.43 bits per heavy atom. The zero-order valence-electron chi connectivity index (χ0n) is 19.9. The Kier molecular flexibility index (Phi) is 9.44. The highest BCUT2D eigenvalue weighted by molar-refractivity contribution is 5.48. The molecule has 0 aliphatic carbocycles. The molecule has 0 radical (unpaired) electrons. The van der Waals surface area contributed by atoms with Gasteiger partial charge in [-0.25, -0.2) is 0 Å². The number of nitrogens with zero attached hydrogens (tertiary/aromatic N) is 4. The molecule has 1 atom stereocenters. The first-order valence-corrected chi connectivity index (χ1v) is 12.1. The molecule has 1 aromatic carbocycles. The van der Waals surface area contributed by atoms with Crippen molar-refractivity contribution < 1.29 is 4.74 Å². The molecular weight excluding hydrogens is 372 g/mol. The molecule has 1 aromatic rings. The van der Waals surface area contributed by atoms with Crippen molar-refractivity contribution in [1.82, 2.24) is 14.7 Å². The molecule has 3 rings (SSSR count). The molecule has 5 heteroatoms. The average molecular weight is 417 g/mol. The van der Waals surface area contributed by atoms with E-state index in [9.17, 15) is 0 Å². The Bertz CT molecular complexity index is 598. The Morgan fingerprint density at radius 1 is 1.03 bits per heavy atom. The van der Waals surface area contributed by atoms with Gasteiger partial charge in [-0.2, -0.15) is 0 Å². The molecule has 0 bridgehead atoms. The summed E-state index contributed by atoms with van der Waals surface area (Å²) < 4.78 is 6.07. The van der Waals surface area contributed by atoms with E-state index in [1.807, 2.05) is 0 Å². The summed E-state index contributed by atoms with van der Waals surface area (Å²) in [6.07, 6.45) is 2.96. The van der Waals surface area contributed by atoms with Crippen LogP contribution in [0, 0.1) is 5.92 Å². The second-order valence-electron chi connectivity index (χ2n) is 9.61. The van der Waals surface area contributed by atoms with Crippen molar-refractivity contribution in [2.45, 2.75) is 46.3 Å². The van der Waals surface area contributed by atoms with Crippen LogP contribution in [0.4, 0.5) is 5.69 Å². The molecule has 5 nitrogen and oxygen atoms in total. The fourth-order valence-corrected chi connectivity index (χ4v) is 4.68. The van der Waals surface area contributed by atoms with Gasteiger partial charge in [-0.3, -0.25) is 9.80 Å². The standard InChI is InChI=1S/C25H44N4O/c1-5-27-13-15-29(16-14-27)24-10-8-23(9-11-24)19-26(4)20-25-21-28(17-18-30-25)12-6-7-22(2)3/h8-11,22,25H,5-7,12-21H2,1-4H3/t25-/m1/s1. The molecule has 2 saturated heterocycles. The van der Waals surface area contributed by atoms with E-state index in [1.54, 1.807) is 0 Å². The number of ether oxygens (including phenoxy) is 1. The van der Waals surface area contributed by atoms with Crippen LogP contribution in [0.2, 0.25) is 0 Å². The molecule has 30 heavy (non-hydrogen) atoms. The van der Waals surface area contributed by atoms with Gasteiger partial charge in [-0.1, -0.05) is 32.9 Å². The van der Waals surface area contributed by atoms with Crippen molar-refractivity contribution in [2.24, 2.45) is 5.92 Å². The minimum Gasteiger partial charge on any atom is -0.374 e. The minimum absolute atomic E-state index is 0.330. The Balaban J connectivity index is 1.40. The van der Waals surface area contributed by atoms with Crippen LogP contribution in [0.5, 0.6) is 0 Å². The number of anilines is 1. The molecule has 0 saturated carbocycles. The summed E-state index contributed by atoms with van der Waals surface area (Å²) in [5, 5.41) is 0. The highest BCUT2D eigenvalue weighted by Crippen LogP contribution is 2.18. The van der Waals surface area contributed by atoms with E-state index in [0.29, 0.717) is 6.10 Å². The summed E-state index contributed by atoms with van der Waals surface area (Å²) in [5.74, 6) is 0.806. The lowest BCUT2D eigenvalue weighted by atomic mass is 10.1. The third-order valence-corrected chi connectivity index (χ3v) is 6.57. The van der Waals surface area contributed by atoms with E-state index in [-0.39, 0.29) is 0 Å². The number of piperazine rings is 1. The van der Waals surface area contributed by atoms with Gasteiger partial charge in [0.1, 0.15) is 0 Å². The Labute approximate surface area is 185 Å². The predicted octanol–water partition coefficient (Wildman–Crippen LogP) is 3.40. The van der Waals surface area contributed by atoms with Crippen molar-refractivity contribution in [1.29, 1.82) is 0 Å². The molecule has 2 heterocycles. The first-order chi connectivity index (χ1) is 14.5. The van der Waals surface area contributed by atoms with Gasteiger partial charge in [0, 0.05) is 58.0 Å². The van der Waals surface area contributed by atoms with Gasteiger partial charge in [0.15, 0.2) is 0 Å². The monoisotopic (exact) mass is 416 g/mol. The van der Waals surface area contributed by atoms with Crippen molar-refractivity contribution in [3.05, 3.63) is 29.8 Å². The van der Waals surface area contributed by atoms with Crippen LogP contribution >= 0.6 is 0 Å². The number of hydrogen-bond donors (Lipinski definition) is 0. The van der Waals surface area contributed by atoms with Gasteiger partial charge in [-0.05, 0) is 56.6 Å². The maximum Gasteiger partial charge on any atom is 0.0829 e. The maximum atomic E-state index is 6.07. The van der Waals surface area contributed by atoms with Crippen LogP contribution in [0.1, 0.15) is 39.2 Å². The Morgan fingerprint density at radius 2 is 1.77 bits per heavy atom. The average Bonchev–Trinajstić information content (AvgIpc) is 2.74. The van der Waals surface area contributed by atoms with E-state index in [0.717, 1.165) is 51.8 Å². The van der Waals surface area contributed by atoms with Gasteiger partial charge in [0.25, 0.3) is 0 Å². The van der Waals surface area contributed by atoms with Gasteiger partial charge >= 0.3 is 0 Å². The topological polar surface area (TPSA) is 22.2 Å². The SMILES string of the molecule is CCN1CCN(c2ccc(CN(C)C[C@@H]3CN(CCCC(C)C)CCO3)cc2)CC1. The van der Waals surface area contributed by atoms with Crippen LogP contribution in [-0.2, 0) is 11.3 Å². The normalized spacial score (nSPS) is 21.7. The molecular formula is C25H44N4O. The lowest BCUT2D eigenvalue weighted by Gasteiger charge is -2.36. The second kappa shape index (κ2) is 12.0. The lowest BCUT2D eigenvalue weighted by Crippen LogP contribution is -2.47. The fraction of sp³-hybridized carbons (Fsp3) is 0.760. The number of rotatable bonds is 10. The summed E-state index contributed by atoms with van der Waals surface area (Å²) in [4.78, 5) is 10.1. The molecule has 0 spiro atoms. The highest BCUT2D eigenvalue weighted by Gasteiger charge is 2.21. The van der Waals surface area contributed by atoms with Crippen LogP contribution in [0.15, 0.2) is 24.3 Å². The summed E-state index contributed by atoms with van der Waals surface area (Å²) in [6, 6.07) is 9.21. The first-order valence-electron chi connectivity index (χ1n) is 12.1. The number of benzene rings is 1. The zero-order valence-corrected chi connectivity index (χ0v) is 19.9. The molecule has 170 valence electrons. The molecule has 2 aliphatic rings. The summed E-state index contributed by atoms with van der Waals surface area (Å²) in [7, 11) is 2.22. The van der Waals surface area contributed by atoms with E-state index in [4.69, 9.17) is 4.74 Å². The largest absolute Gasteiger partial charge is 0.374 e. The third kappa shape index (κ3) is 7.52. The van der Waals surface area contributed by atoms with Crippen LogP contribution in [0.3, 0.4) is 0 Å². The molecule has 0 aromatic heterocycles. The van der Waals surface area contributed by atoms with Crippen molar-refractivity contribution >= 4 is 5.69 Å². The van der Waals surface area contributed by atoms with E-state index in [2.05, 4.69) is 71.7 Å². The zero-order chi connectivity index (χ0) is 21.3. The second-order valence-corrected chi connectivity index (χ2v) is 9.61. The molecule has 2 aliphatic heterocycles. The van der Waals surface area contributed by atoms with Gasteiger partial charge in [0.05, 0.1) is 12.7 Å². The first kappa shape index (κ1) is 23.5. The third-order valence-electron chi connectivity index (χ3n) is 6.57. The quantitative estimate of drug-likeness (QED) is 0.581. The molecule has 0 N–H and O–H groups in total. The predicted molar refractivity (Wildman–Crippen MR) is 127 cm³/mol. The van der Waals surface area contributed by atoms with Crippen molar-refractivity contribution in [3.63, 3.8) is 0 Å². The van der Waals surface area contributed by atoms with E-state index >= 15 is 0 Å². The smallest absolute Gasteiger partial charge is 0.0829 e. The van der Waals surface area contributed by atoms with Crippen LogP contribution < -0.4 is 4.90 Å². The molecule has 2 fully saturated rings. The number of likely N-dealkylation sites (N-methyl/N-ethyl adjacent to an activating group) is 2. The summed E-state index contributed by atoms with van der Waals surface area (Å²) in [6.45, 7) is 18.9. The lowest BCUT2D eigenvalue weighted by molar-refractivity contribution is -0.0417. The van der Waals surface area contributed by atoms with E-state index in [1.165, 1.54) is 50.3 Å². The molecule has 0 amide bonds. The van der Waals surface area contributed by atoms with Gasteiger partial charge < -0.3 is 14.5 Å². The fourth-order valence-electron chi connectivity index (χ4n) is 4.68. The van der Waals surface area contributed by atoms with Gasteiger partial charge in [0.2, 0.25) is 0 Å². The van der Waals surface area contributed by atoms with Crippen LogP contribution in [-0.4, -0.2) is 93.4 Å². The molecule has 0 unspecified atom stereocenters. The minimum atomic E-state index is 0.330.